The summed E-state index contributed by atoms with van der Waals surface area (Å²) in [6.45, 7) is 5.28. The van der Waals surface area contributed by atoms with E-state index in [4.69, 9.17) is 16.4 Å². The Morgan fingerprint density at radius 1 is 1.43 bits per heavy atom. The fourth-order valence-corrected chi connectivity index (χ4v) is 2.62. The lowest BCUT2D eigenvalue weighted by Crippen LogP contribution is -2.47. The number of carbonyl (C=O) groups excluding carboxylic acids is 2. The molecule has 1 aromatic carbocycles. The average Bonchev–Trinajstić information content (AvgIpc) is 2.56. The van der Waals surface area contributed by atoms with Gasteiger partial charge in [0.2, 0.25) is 0 Å². The first-order valence-corrected chi connectivity index (χ1v) is 8.31. The average molecular weight is 416 g/mol. The molecule has 0 saturated carbocycles. The summed E-state index contributed by atoms with van der Waals surface area (Å²) in [6, 6.07) is 1.22. The van der Waals surface area contributed by atoms with Crippen molar-refractivity contribution in [2.75, 3.05) is 18.6 Å². The van der Waals surface area contributed by atoms with E-state index in [0.717, 1.165) is 30.3 Å². The van der Waals surface area contributed by atoms with Gasteiger partial charge in [-0.05, 0) is 25.1 Å². The quantitative estimate of drug-likeness (QED) is 0.513. The normalized spacial score (nSPS) is 15.3. The Morgan fingerprint density at radius 3 is 2.64 bits per heavy atom. The maximum absolute atomic E-state index is 14.5. The minimum Gasteiger partial charge on any atom is -0.388 e. The fourth-order valence-electron chi connectivity index (χ4n) is 2.42. The Kier molecular flexibility index (Phi) is 6.18. The Morgan fingerprint density at radius 2 is 2.07 bits per heavy atom. The number of urea groups is 1. The number of carbonyl (C=O) groups is 2. The summed E-state index contributed by atoms with van der Waals surface area (Å²) in [6.07, 6.45) is 2.13. The Labute approximate surface area is 164 Å². The molecule has 0 spiro atoms. The van der Waals surface area contributed by atoms with Crippen LogP contribution in [0.25, 0.3) is 0 Å². The highest BCUT2D eigenvalue weighted by Gasteiger charge is 2.40. The zero-order valence-electron chi connectivity index (χ0n) is 15.3. The molecule has 0 saturated heterocycles. The molecular formula is C18H17ClF3N3O3. The first kappa shape index (κ1) is 21.5. The van der Waals surface area contributed by atoms with Gasteiger partial charge < -0.3 is 4.84 Å². The third-order valence-electron chi connectivity index (χ3n) is 3.72. The van der Waals surface area contributed by atoms with Crippen LogP contribution in [0.15, 0.2) is 41.3 Å². The predicted octanol–water partition coefficient (Wildman–Crippen LogP) is 4.34. The molecule has 0 unspecified atom stereocenters. The third-order valence-corrected chi connectivity index (χ3v) is 4.05. The lowest BCUT2D eigenvalue weighted by Gasteiger charge is -2.36. The van der Waals surface area contributed by atoms with Crippen LogP contribution in [0.4, 0.5) is 23.7 Å². The molecule has 1 aliphatic heterocycles. The molecule has 1 aromatic rings. The van der Waals surface area contributed by atoms with E-state index in [2.05, 4.69) is 11.7 Å². The smallest absolute Gasteiger partial charge is 0.333 e. The lowest BCUT2D eigenvalue weighted by molar-refractivity contribution is -0.121. The molecule has 150 valence electrons. The van der Waals surface area contributed by atoms with Gasteiger partial charge in [0.15, 0.2) is 12.4 Å². The second-order valence-corrected chi connectivity index (χ2v) is 6.53. The predicted molar refractivity (Wildman–Crippen MR) is 99.1 cm³/mol. The van der Waals surface area contributed by atoms with Crippen LogP contribution < -0.4 is 4.90 Å². The van der Waals surface area contributed by atoms with E-state index in [1.807, 2.05) is 0 Å². The van der Waals surface area contributed by atoms with Crippen molar-refractivity contribution >= 4 is 35.3 Å². The summed E-state index contributed by atoms with van der Waals surface area (Å²) in [5, 5.41) is 3.52. The van der Waals surface area contributed by atoms with Gasteiger partial charge in [0.05, 0.1) is 22.6 Å². The first-order chi connectivity index (χ1) is 12.9. The van der Waals surface area contributed by atoms with Crippen LogP contribution in [0.5, 0.6) is 0 Å². The summed E-state index contributed by atoms with van der Waals surface area (Å²) < 4.78 is 41.9. The number of allylic oxidation sites excluding steroid dienone is 2. The van der Waals surface area contributed by atoms with Gasteiger partial charge in [-0.25, -0.2) is 18.0 Å². The topological polar surface area (TPSA) is 62.2 Å². The molecule has 28 heavy (non-hydrogen) atoms. The number of hydrogen-bond donors (Lipinski definition) is 0. The second kappa shape index (κ2) is 8.05. The van der Waals surface area contributed by atoms with Crippen molar-refractivity contribution in [2.45, 2.75) is 19.8 Å². The number of rotatable bonds is 6. The number of alkyl halides is 2. The monoisotopic (exact) mass is 415 g/mol. The standard InChI is InChI=1S/C18H17ClF3N3O3/c1-10-5-16(18(3,21)22)24(4)17(27)25(10)15-6-12(13(19)7-14(15)20)8-23-28-9-11(2)26/h5-8H,1,9H2,2-4H3/b23-8+. The van der Waals surface area contributed by atoms with Crippen molar-refractivity contribution in [2.24, 2.45) is 5.16 Å². The van der Waals surface area contributed by atoms with Crippen molar-refractivity contribution in [3.8, 4) is 0 Å². The van der Waals surface area contributed by atoms with Crippen LogP contribution in [0.2, 0.25) is 5.02 Å². The zero-order chi connectivity index (χ0) is 21.2. The summed E-state index contributed by atoms with van der Waals surface area (Å²) in [7, 11) is 1.15. The Balaban J connectivity index is 2.43. The number of oxime groups is 1. The molecular weight excluding hydrogens is 399 g/mol. The third kappa shape index (κ3) is 4.53. The molecule has 6 nitrogen and oxygen atoms in total. The van der Waals surface area contributed by atoms with Crippen molar-refractivity contribution in [1.29, 1.82) is 0 Å². The fraction of sp³-hybridized carbons (Fsp3) is 0.278. The zero-order valence-corrected chi connectivity index (χ0v) is 16.1. The van der Waals surface area contributed by atoms with E-state index in [1.54, 1.807) is 0 Å². The highest BCUT2D eigenvalue weighted by atomic mass is 35.5. The van der Waals surface area contributed by atoms with E-state index in [9.17, 15) is 22.8 Å². The first-order valence-electron chi connectivity index (χ1n) is 7.94. The summed E-state index contributed by atoms with van der Waals surface area (Å²) in [5.74, 6) is -4.41. The molecule has 0 atom stereocenters. The van der Waals surface area contributed by atoms with E-state index in [0.29, 0.717) is 11.8 Å². The number of hydrogen-bond acceptors (Lipinski definition) is 4. The van der Waals surface area contributed by atoms with E-state index in [1.165, 1.54) is 13.0 Å². The van der Waals surface area contributed by atoms with Gasteiger partial charge in [-0.15, -0.1) is 0 Å². The molecule has 0 radical (unpaired) electrons. The number of halogens is 4. The number of Topliss-reactive ketones (excluding diaryl/α,β-unsaturated/α-hetero) is 1. The van der Waals surface area contributed by atoms with Crippen molar-refractivity contribution in [1.82, 2.24) is 4.90 Å². The van der Waals surface area contributed by atoms with Gasteiger partial charge in [0, 0.05) is 25.2 Å². The maximum Gasteiger partial charge on any atom is 0.333 e. The van der Waals surface area contributed by atoms with Crippen LogP contribution in [-0.2, 0) is 9.63 Å². The molecule has 0 fully saturated rings. The number of amides is 2. The SMILES string of the molecule is C=C1C=C(C(C)(F)F)N(C)C(=O)N1c1cc(/C=N/OCC(C)=O)c(Cl)cc1F. The van der Waals surface area contributed by atoms with E-state index in [-0.39, 0.29) is 34.4 Å². The van der Waals surface area contributed by atoms with Crippen LogP contribution in [0.1, 0.15) is 19.4 Å². The van der Waals surface area contributed by atoms with Crippen LogP contribution in [0, 0.1) is 5.82 Å². The summed E-state index contributed by atoms with van der Waals surface area (Å²) in [4.78, 5) is 29.7. The number of nitrogens with zero attached hydrogens (tertiary/aromatic N) is 3. The molecule has 2 amide bonds. The van der Waals surface area contributed by atoms with Crippen molar-refractivity contribution < 1.29 is 27.6 Å². The van der Waals surface area contributed by atoms with Gasteiger partial charge in [-0.2, -0.15) is 0 Å². The van der Waals surface area contributed by atoms with Crippen LogP contribution >= 0.6 is 11.6 Å². The highest BCUT2D eigenvalue weighted by molar-refractivity contribution is 6.33. The van der Waals surface area contributed by atoms with Gasteiger partial charge in [-0.3, -0.25) is 14.6 Å². The molecule has 0 bridgehead atoms. The lowest BCUT2D eigenvalue weighted by atomic mass is 10.1. The molecule has 1 aliphatic rings. The number of benzene rings is 1. The highest BCUT2D eigenvalue weighted by Crippen LogP contribution is 2.36. The Bertz CT molecular complexity index is 894. The van der Waals surface area contributed by atoms with Gasteiger partial charge in [0.25, 0.3) is 5.92 Å². The maximum atomic E-state index is 14.5. The minimum absolute atomic E-state index is 0.0313. The van der Waals surface area contributed by atoms with Gasteiger partial charge in [-0.1, -0.05) is 23.3 Å². The second-order valence-electron chi connectivity index (χ2n) is 6.12. The van der Waals surface area contributed by atoms with Gasteiger partial charge in [0.1, 0.15) is 5.82 Å². The van der Waals surface area contributed by atoms with Gasteiger partial charge >= 0.3 is 6.03 Å². The molecule has 10 heteroatoms. The number of ketones is 1. The molecule has 2 rings (SSSR count). The molecule has 0 N–H and O–H groups in total. The molecule has 0 aliphatic carbocycles. The van der Waals surface area contributed by atoms with Crippen LogP contribution in [0.3, 0.4) is 0 Å². The number of anilines is 1. The largest absolute Gasteiger partial charge is 0.388 e. The Hall–Kier alpha value is -2.81. The summed E-state index contributed by atoms with van der Waals surface area (Å²) in [5.41, 5.74) is -0.779. The van der Waals surface area contributed by atoms with E-state index < -0.39 is 23.5 Å². The van der Waals surface area contributed by atoms with Crippen LogP contribution in [-0.4, -0.2) is 42.5 Å². The molecule has 1 heterocycles. The summed E-state index contributed by atoms with van der Waals surface area (Å²) >= 11 is 5.97. The minimum atomic E-state index is -3.29. The van der Waals surface area contributed by atoms with Crippen molar-refractivity contribution in [3.63, 3.8) is 0 Å². The molecule has 0 aromatic heterocycles. The van der Waals surface area contributed by atoms with Crippen molar-refractivity contribution in [3.05, 3.63) is 52.6 Å². The van der Waals surface area contributed by atoms with E-state index >= 15 is 0 Å².